The molecule has 0 bridgehead atoms. The van der Waals surface area contributed by atoms with Crippen LogP contribution in [-0.4, -0.2) is 36.1 Å². The number of aliphatic hydroxyl groups excluding tert-OH is 1. The Morgan fingerprint density at radius 1 is 0.829 bits per heavy atom. The van der Waals surface area contributed by atoms with E-state index in [0.29, 0.717) is 29.2 Å². The number of hydrogen-bond donors (Lipinski definition) is 2. The number of carbonyl (C=O) groups is 2. The lowest BCUT2D eigenvalue weighted by molar-refractivity contribution is 0.0619. The quantitative estimate of drug-likeness (QED) is 0.326. The lowest BCUT2D eigenvalue weighted by Crippen LogP contribution is -2.27. The van der Waals surface area contributed by atoms with Crippen LogP contribution in [0, 0.1) is 0 Å². The highest BCUT2D eigenvalue weighted by molar-refractivity contribution is 6.01. The topological polar surface area (TPSA) is 84.9 Å². The van der Waals surface area contributed by atoms with Gasteiger partial charge in [0.15, 0.2) is 5.78 Å². The van der Waals surface area contributed by atoms with Crippen molar-refractivity contribution in [2.24, 2.45) is 0 Å². The standard InChI is InChI=1S/C29H27NO5/c1-20(31)22-11-13-26(14-12-22)34-18-25(32)19-35-28-16-24-10-6-5-9-23(24)15-27(28)29(33)30-17-21-7-3-2-4-8-21/h2-16,25,32H,17-19H2,1H3,(H,30,33)/t25-/m1/s1. The van der Waals surface area contributed by atoms with Gasteiger partial charge in [-0.3, -0.25) is 9.59 Å². The Morgan fingerprint density at radius 3 is 2.14 bits per heavy atom. The van der Waals surface area contributed by atoms with Crippen molar-refractivity contribution in [1.82, 2.24) is 5.32 Å². The Morgan fingerprint density at radius 2 is 1.46 bits per heavy atom. The molecule has 0 unspecified atom stereocenters. The first kappa shape index (κ1) is 24.0. The largest absolute Gasteiger partial charge is 0.491 e. The van der Waals surface area contributed by atoms with E-state index >= 15 is 0 Å². The van der Waals surface area contributed by atoms with Crippen LogP contribution in [0.15, 0.2) is 91.0 Å². The summed E-state index contributed by atoms with van der Waals surface area (Å²) in [6, 6.07) is 27.7. The molecule has 0 aliphatic heterocycles. The Kier molecular flexibility index (Phi) is 7.75. The van der Waals surface area contributed by atoms with E-state index in [-0.39, 0.29) is 24.9 Å². The number of aliphatic hydroxyl groups is 1. The van der Waals surface area contributed by atoms with Crippen LogP contribution >= 0.6 is 0 Å². The predicted molar refractivity (Wildman–Crippen MR) is 135 cm³/mol. The number of nitrogens with one attached hydrogen (secondary N) is 1. The maximum absolute atomic E-state index is 13.0. The number of Topliss-reactive ketones (excluding diaryl/α,β-unsaturated/α-hetero) is 1. The number of fused-ring (bicyclic) bond motifs is 1. The summed E-state index contributed by atoms with van der Waals surface area (Å²) in [5, 5.41) is 15.2. The van der Waals surface area contributed by atoms with E-state index in [0.717, 1.165) is 16.3 Å². The number of ether oxygens (including phenoxy) is 2. The van der Waals surface area contributed by atoms with Gasteiger partial charge in [0.25, 0.3) is 5.91 Å². The number of ketones is 1. The summed E-state index contributed by atoms with van der Waals surface area (Å²) in [4.78, 5) is 24.4. The molecule has 6 heteroatoms. The van der Waals surface area contributed by atoms with E-state index in [1.807, 2.05) is 54.6 Å². The summed E-state index contributed by atoms with van der Waals surface area (Å²) < 4.78 is 11.5. The highest BCUT2D eigenvalue weighted by atomic mass is 16.5. The Labute approximate surface area is 204 Å². The molecular weight excluding hydrogens is 442 g/mol. The minimum absolute atomic E-state index is 0.00252. The van der Waals surface area contributed by atoms with Crippen LogP contribution in [0.5, 0.6) is 11.5 Å². The van der Waals surface area contributed by atoms with E-state index in [1.165, 1.54) is 6.92 Å². The third-order valence-corrected chi connectivity index (χ3v) is 5.52. The van der Waals surface area contributed by atoms with Crippen LogP contribution in [0.3, 0.4) is 0 Å². The van der Waals surface area contributed by atoms with E-state index in [9.17, 15) is 14.7 Å². The van der Waals surface area contributed by atoms with Crippen molar-refractivity contribution in [3.05, 3.63) is 108 Å². The summed E-state index contributed by atoms with van der Waals surface area (Å²) in [6.07, 6.45) is -0.922. The number of rotatable bonds is 10. The van der Waals surface area contributed by atoms with Gasteiger partial charge in [0.05, 0.1) is 5.56 Å². The fraction of sp³-hybridized carbons (Fsp3) is 0.172. The van der Waals surface area contributed by atoms with Crippen molar-refractivity contribution < 1.29 is 24.2 Å². The zero-order valence-corrected chi connectivity index (χ0v) is 19.4. The fourth-order valence-electron chi connectivity index (χ4n) is 3.60. The van der Waals surface area contributed by atoms with Gasteiger partial charge in [0.1, 0.15) is 30.8 Å². The molecule has 0 aliphatic rings. The Hall–Kier alpha value is -4.16. The van der Waals surface area contributed by atoms with Crippen LogP contribution in [0.25, 0.3) is 10.8 Å². The van der Waals surface area contributed by atoms with Crippen molar-refractivity contribution in [2.45, 2.75) is 19.6 Å². The van der Waals surface area contributed by atoms with Gasteiger partial charge in [-0.2, -0.15) is 0 Å². The monoisotopic (exact) mass is 469 g/mol. The van der Waals surface area contributed by atoms with Gasteiger partial charge in [-0.15, -0.1) is 0 Å². The number of benzene rings is 4. The maximum atomic E-state index is 13.0. The van der Waals surface area contributed by atoms with Crippen LogP contribution in [0.2, 0.25) is 0 Å². The minimum atomic E-state index is -0.922. The van der Waals surface area contributed by atoms with Crippen molar-refractivity contribution in [2.75, 3.05) is 13.2 Å². The molecule has 4 aromatic rings. The third kappa shape index (κ3) is 6.46. The molecule has 4 aromatic carbocycles. The highest BCUT2D eigenvalue weighted by Gasteiger charge is 2.16. The molecule has 0 heterocycles. The highest BCUT2D eigenvalue weighted by Crippen LogP contribution is 2.26. The van der Waals surface area contributed by atoms with Gasteiger partial charge in [-0.25, -0.2) is 0 Å². The molecule has 0 aliphatic carbocycles. The molecule has 0 saturated heterocycles. The lowest BCUT2D eigenvalue weighted by Gasteiger charge is -2.17. The van der Waals surface area contributed by atoms with Gasteiger partial charge in [0, 0.05) is 12.1 Å². The minimum Gasteiger partial charge on any atom is -0.491 e. The van der Waals surface area contributed by atoms with Crippen LogP contribution < -0.4 is 14.8 Å². The van der Waals surface area contributed by atoms with Gasteiger partial charge in [0.2, 0.25) is 0 Å². The number of carbonyl (C=O) groups excluding carboxylic acids is 2. The van der Waals surface area contributed by atoms with E-state index in [1.54, 1.807) is 36.4 Å². The first-order valence-electron chi connectivity index (χ1n) is 11.4. The molecule has 1 atom stereocenters. The summed E-state index contributed by atoms with van der Waals surface area (Å²) in [5.41, 5.74) is 1.98. The average molecular weight is 470 g/mol. The van der Waals surface area contributed by atoms with Crippen LogP contribution in [0.1, 0.15) is 33.2 Å². The maximum Gasteiger partial charge on any atom is 0.255 e. The molecule has 6 nitrogen and oxygen atoms in total. The summed E-state index contributed by atoms with van der Waals surface area (Å²) in [7, 11) is 0. The molecule has 178 valence electrons. The fourth-order valence-corrected chi connectivity index (χ4v) is 3.60. The summed E-state index contributed by atoms with van der Waals surface area (Å²) >= 11 is 0. The Bertz CT molecular complexity index is 1300. The average Bonchev–Trinajstić information content (AvgIpc) is 2.89. The predicted octanol–water partition coefficient (Wildman–Crippen LogP) is 4.79. The summed E-state index contributed by atoms with van der Waals surface area (Å²) in [5.74, 6) is 0.648. The third-order valence-electron chi connectivity index (χ3n) is 5.52. The number of hydrogen-bond acceptors (Lipinski definition) is 5. The van der Waals surface area contributed by atoms with Crippen molar-refractivity contribution in [3.8, 4) is 11.5 Å². The lowest BCUT2D eigenvalue weighted by atomic mass is 10.0. The molecule has 1 amide bonds. The van der Waals surface area contributed by atoms with Crippen molar-refractivity contribution in [3.63, 3.8) is 0 Å². The van der Waals surface area contributed by atoms with Gasteiger partial charge < -0.3 is 19.9 Å². The smallest absolute Gasteiger partial charge is 0.255 e. The molecule has 0 saturated carbocycles. The molecule has 0 aromatic heterocycles. The SMILES string of the molecule is CC(=O)c1ccc(OC[C@@H](O)COc2cc3ccccc3cc2C(=O)NCc2ccccc2)cc1. The van der Waals surface area contributed by atoms with Crippen LogP contribution in [-0.2, 0) is 6.54 Å². The normalized spacial score (nSPS) is 11.6. The van der Waals surface area contributed by atoms with Gasteiger partial charge >= 0.3 is 0 Å². The molecular formula is C29H27NO5. The van der Waals surface area contributed by atoms with E-state index in [2.05, 4.69) is 5.32 Å². The second kappa shape index (κ2) is 11.3. The summed E-state index contributed by atoms with van der Waals surface area (Å²) in [6.45, 7) is 1.84. The van der Waals surface area contributed by atoms with Gasteiger partial charge in [-0.1, -0.05) is 54.6 Å². The molecule has 0 radical (unpaired) electrons. The van der Waals surface area contributed by atoms with Crippen molar-refractivity contribution >= 4 is 22.5 Å². The molecule has 35 heavy (non-hydrogen) atoms. The molecule has 0 fully saturated rings. The van der Waals surface area contributed by atoms with Crippen LogP contribution in [0.4, 0.5) is 0 Å². The van der Waals surface area contributed by atoms with E-state index in [4.69, 9.17) is 9.47 Å². The zero-order chi connectivity index (χ0) is 24.6. The van der Waals surface area contributed by atoms with Crippen molar-refractivity contribution in [1.29, 1.82) is 0 Å². The molecule has 2 N–H and O–H groups in total. The second-order valence-corrected chi connectivity index (χ2v) is 8.22. The Balaban J connectivity index is 1.42. The van der Waals surface area contributed by atoms with E-state index < -0.39 is 6.10 Å². The molecule has 0 spiro atoms. The molecule has 4 rings (SSSR count). The zero-order valence-electron chi connectivity index (χ0n) is 19.4. The first-order valence-corrected chi connectivity index (χ1v) is 11.4. The first-order chi connectivity index (χ1) is 17.0. The second-order valence-electron chi connectivity index (χ2n) is 8.22. The number of amides is 1. The van der Waals surface area contributed by atoms with Gasteiger partial charge in [-0.05, 0) is 59.7 Å².